The Bertz CT molecular complexity index is 1310. The number of alkyl halides is 3. The molecule has 1 atom stereocenters. The van der Waals surface area contributed by atoms with E-state index in [-0.39, 0.29) is 39.2 Å². The van der Waals surface area contributed by atoms with Crippen LogP contribution in [0, 0.1) is 11.3 Å². The molecule has 3 aromatic carbocycles. The lowest BCUT2D eigenvalue weighted by molar-refractivity contribution is -0.248. The fraction of sp³-hybridized carbons (Fsp3) is 0.200. The molecule has 9 heteroatoms. The van der Waals surface area contributed by atoms with Gasteiger partial charge in [0.25, 0.3) is 0 Å². The lowest BCUT2D eigenvalue weighted by Crippen LogP contribution is -2.46. The summed E-state index contributed by atoms with van der Waals surface area (Å²) in [5, 5.41) is 12.2. The maximum Gasteiger partial charge on any atom is 0.432 e. The zero-order valence-corrected chi connectivity index (χ0v) is 19.3. The van der Waals surface area contributed by atoms with Crippen LogP contribution in [-0.4, -0.2) is 12.1 Å². The van der Waals surface area contributed by atoms with Gasteiger partial charge in [0.1, 0.15) is 11.8 Å². The second kappa shape index (κ2) is 8.86. The molecule has 1 amide bonds. The van der Waals surface area contributed by atoms with E-state index in [0.29, 0.717) is 22.4 Å². The molecule has 174 valence electrons. The second-order valence-electron chi connectivity index (χ2n) is 7.86. The normalized spacial score (nSPS) is 17.0. The minimum atomic E-state index is -4.74. The number of hydrogen-bond donors (Lipinski definition) is 1. The van der Waals surface area contributed by atoms with E-state index in [1.165, 1.54) is 24.3 Å². The molecular weight excluding hydrogens is 488 g/mol. The van der Waals surface area contributed by atoms with Gasteiger partial charge in [0.05, 0.1) is 11.3 Å². The number of nitrogens with zero attached hydrogens (tertiary/aromatic N) is 1. The Balaban J connectivity index is 1.75. The van der Waals surface area contributed by atoms with Gasteiger partial charge < -0.3 is 10.1 Å². The largest absolute Gasteiger partial charge is 0.472 e. The molecule has 1 unspecified atom stereocenters. The van der Waals surface area contributed by atoms with Crippen molar-refractivity contribution in [3.63, 3.8) is 0 Å². The summed E-state index contributed by atoms with van der Waals surface area (Å²) in [5.41, 5.74) is -0.601. The number of carbonyl (C=O) groups is 1. The van der Waals surface area contributed by atoms with Crippen LogP contribution >= 0.6 is 23.2 Å². The van der Waals surface area contributed by atoms with Gasteiger partial charge in [-0.1, -0.05) is 42.3 Å². The van der Waals surface area contributed by atoms with E-state index in [0.717, 1.165) is 0 Å². The number of nitriles is 1. The summed E-state index contributed by atoms with van der Waals surface area (Å²) in [6.45, 7) is 1.69. The van der Waals surface area contributed by atoms with E-state index in [2.05, 4.69) is 5.32 Å². The van der Waals surface area contributed by atoms with Crippen molar-refractivity contribution in [2.75, 3.05) is 5.32 Å². The number of hydrogen-bond acceptors (Lipinski definition) is 3. The van der Waals surface area contributed by atoms with E-state index in [1.54, 1.807) is 37.3 Å². The van der Waals surface area contributed by atoms with E-state index in [4.69, 9.17) is 27.9 Å². The van der Waals surface area contributed by atoms with Crippen molar-refractivity contribution in [3.8, 4) is 22.9 Å². The number of nitrogens with one attached hydrogen (secondary N) is 1. The third-order valence-electron chi connectivity index (χ3n) is 5.64. The van der Waals surface area contributed by atoms with E-state index >= 15 is 0 Å². The highest BCUT2D eigenvalue weighted by Crippen LogP contribution is 2.52. The van der Waals surface area contributed by atoms with Gasteiger partial charge in [0.15, 0.2) is 0 Å². The monoisotopic (exact) mass is 504 g/mol. The van der Waals surface area contributed by atoms with Crippen molar-refractivity contribution in [1.82, 2.24) is 0 Å². The van der Waals surface area contributed by atoms with Gasteiger partial charge in [-0.15, -0.1) is 0 Å². The van der Waals surface area contributed by atoms with Gasteiger partial charge in [-0.25, -0.2) is 0 Å². The molecule has 0 radical (unpaired) electrons. The molecular formula is C25H17Cl2F3N2O2. The van der Waals surface area contributed by atoms with E-state index in [9.17, 15) is 23.2 Å². The van der Waals surface area contributed by atoms with Crippen LogP contribution in [0.15, 0.2) is 54.6 Å². The van der Waals surface area contributed by atoms with E-state index in [1.807, 2.05) is 6.07 Å². The van der Waals surface area contributed by atoms with Gasteiger partial charge in [-0.2, -0.15) is 18.4 Å². The Hall–Kier alpha value is -3.21. The fourth-order valence-electron chi connectivity index (χ4n) is 3.92. The highest BCUT2D eigenvalue weighted by molar-refractivity contribution is 6.34. The van der Waals surface area contributed by atoms with Gasteiger partial charge in [-0.05, 0) is 59.2 Å². The number of carbonyl (C=O) groups excluding carboxylic acids is 1. The number of rotatable bonds is 4. The first-order valence-electron chi connectivity index (χ1n) is 10.3. The fourth-order valence-corrected chi connectivity index (χ4v) is 4.45. The molecule has 1 heterocycles. The molecule has 4 rings (SSSR count). The highest BCUT2D eigenvalue weighted by Gasteiger charge is 2.61. The number of ether oxygens (including phenoxy) is 1. The predicted molar refractivity (Wildman–Crippen MR) is 124 cm³/mol. The maximum atomic E-state index is 14.4. The summed E-state index contributed by atoms with van der Waals surface area (Å²) in [6.07, 6.45) is -4.98. The molecule has 1 aliphatic rings. The molecule has 0 spiro atoms. The number of amides is 1. The molecule has 1 N–H and O–H groups in total. The zero-order chi connectivity index (χ0) is 24.7. The molecule has 0 fully saturated rings. The van der Waals surface area contributed by atoms with Crippen molar-refractivity contribution < 1.29 is 22.7 Å². The lowest BCUT2D eigenvalue weighted by Gasteiger charge is -2.31. The highest BCUT2D eigenvalue weighted by atomic mass is 35.5. The molecule has 0 bridgehead atoms. The smallest absolute Gasteiger partial charge is 0.432 e. The first-order chi connectivity index (χ1) is 16.1. The first-order valence-corrected chi connectivity index (χ1v) is 11.0. The quantitative estimate of drug-likeness (QED) is 0.406. The molecule has 34 heavy (non-hydrogen) atoms. The molecule has 1 aliphatic heterocycles. The van der Waals surface area contributed by atoms with Crippen LogP contribution in [0.3, 0.4) is 0 Å². The SMILES string of the molecule is CCC(=O)Nc1cc(-c2ccc3c(c2)CC(c2cc(Cl)cc(Cl)c2)(C(F)(F)F)O3)ccc1C#N. The summed E-state index contributed by atoms with van der Waals surface area (Å²) in [5.74, 6) is -0.156. The van der Waals surface area contributed by atoms with Crippen LogP contribution in [0.25, 0.3) is 11.1 Å². The lowest BCUT2D eigenvalue weighted by atomic mass is 9.87. The van der Waals surface area contributed by atoms with Crippen molar-refractivity contribution in [2.24, 2.45) is 0 Å². The Labute approximate surface area is 203 Å². The van der Waals surface area contributed by atoms with Crippen LogP contribution in [0.5, 0.6) is 5.75 Å². The molecule has 4 nitrogen and oxygen atoms in total. The van der Waals surface area contributed by atoms with Gasteiger partial charge in [-0.3, -0.25) is 4.79 Å². The summed E-state index contributed by atoms with van der Waals surface area (Å²) in [4.78, 5) is 11.8. The van der Waals surface area contributed by atoms with Gasteiger partial charge in [0, 0.05) is 28.5 Å². The average molecular weight is 505 g/mol. The first kappa shape index (κ1) is 23.9. The average Bonchev–Trinajstić information content (AvgIpc) is 3.19. The summed E-state index contributed by atoms with van der Waals surface area (Å²) < 4.78 is 48.6. The number of halogens is 5. The standard InChI is InChI=1S/C25H17Cl2F3N2O2/c1-2-23(33)32-21-8-15(3-4-16(21)13-31)14-5-6-22-17(7-14)12-24(34-22,25(28,29)30)18-9-19(26)11-20(27)10-18/h3-11H,2,12H2,1H3,(H,32,33). The van der Waals surface area contributed by atoms with Crippen molar-refractivity contribution in [3.05, 3.63) is 81.3 Å². The molecule has 0 saturated carbocycles. The van der Waals surface area contributed by atoms with Crippen LogP contribution in [0.4, 0.5) is 18.9 Å². The minimum absolute atomic E-state index is 0.0746. The molecule has 0 aromatic heterocycles. The number of fused-ring (bicyclic) bond motifs is 1. The predicted octanol–water partition coefficient (Wildman–Crippen LogP) is 7.27. The molecule has 0 aliphatic carbocycles. The van der Waals surface area contributed by atoms with E-state index < -0.39 is 18.2 Å². The Morgan fingerprint density at radius 2 is 1.74 bits per heavy atom. The summed E-state index contributed by atoms with van der Waals surface area (Å²) in [7, 11) is 0. The minimum Gasteiger partial charge on any atom is -0.472 e. The molecule has 0 saturated heterocycles. The molecule has 3 aromatic rings. The van der Waals surface area contributed by atoms with Crippen molar-refractivity contribution >= 4 is 34.8 Å². The Morgan fingerprint density at radius 3 is 2.35 bits per heavy atom. The number of benzene rings is 3. The van der Waals surface area contributed by atoms with Crippen LogP contribution in [0.2, 0.25) is 10.0 Å². The topological polar surface area (TPSA) is 62.1 Å². The van der Waals surface area contributed by atoms with Crippen LogP contribution in [0.1, 0.15) is 30.0 Å². The Morgan fingerprint density at radius 1 is 1.09 bits per heavy atom. The van der Waals surface area contributed by atoms with Gasteiger partial charge >= 0.3 is 6.18 Å². The van der Waals surface area contributed by atoms with Gasteiger partial charge in [0.2, 0.25) is 11.5 Å². The Kier molecular flexibility index (Phi) is 6.24. The van der Waals surface area contributed by atoms with Crippen molar-refractivity contribution in [1.29, 1.82) is 5.26 Å². The maximum absolute atomic E-state index is 14.4. The van der Waals surface area contributed by atoms with Crippen LogP contribution in [-0.2, 0) is 16.8 Å². The second-order valence-corrected chi connectivity index (χ2v) is 8.73. The van der Waals surface area contributed by atoms with Crippen molar-refractivity contribution in [2.45, 2.75) is 31.5 Å². The third kappa shape index (κ3) is 4.31. The summed E-state index contributed by atoms with van der Waals surface area (Å²) in [6, 6.07) is 15.4. The summed E-state index contributed by atoms with van der Waals surface area (Å²) >= 11 is 12.0. The zero-order valence-electron chi connectivity index (χ0n) is 17.8. The van der Waals surface area contributed by atoms with Crippen LogP contribution < -0.4 is 10.1 Å². The number of anilines is 1. The third-order valence-corrected chi connectivity index (χ3v) is 6.08.